The van der Waals surface area contributed by atoms with Crippen LogP contribution in [0.25, 0.3) is 0 Å². The lowest BCUT2D eigenvalue weighted by Gasteiger charge is -2.31. The highest BCUT2D eigenvalue weighted by atomic mass is 15.1. The smallest absolute Gasteiger partial charge is 0.00953 e. The summed E-state index contributed by atoms with van der Waals surface area (Å²) in [6.45, 7) is 6.21. The Kier molecular flexibility index (Phi) is 4.66. The summed E-state index contributed by atoms with van der Waals surface area (Å²) in [7, 11) is 2.26. The lowest BCUT2D eigenvalue weighted by molar-refractivity contribution is 0.199. The molecule has 0 bridgehead atoms. The molecule has 0 spiro atoms. The van der Waals surface area contributed by atoms with Crippen LogP contribution in [0.5, 0.6) is 0 Å². The largest absolute Gasteiger partial charge is 0.313 e. The Labute approximate surface area is 101 Å². The predicted molar refractivity (Wildman–Crippen MR) is 69.6 cm³/mol. The van der Waals surface area contributed by atoms with Crippen LogP contribution in [0.15, 0.2) is 0 Å². The molecular weight excluding hydrogens is 196 g/mol. The van der Waals surface area contributed by atoms with Crippen molar-refractivity contribution in [1.29, 1.82) is 0 Å². The van der Waals surface area contributed by atoms with Crippen molar-refractivity contribution in [3.63, 3.8) is 0 Å². The van der Waals surface area contributed by atoms with Crippen LogP contribution < -0.4 is 5.32 Å². The molecule has 2 rings (SSSR count). The molecule has 16 heavy (non-hydrogen) atoms. The van der Waals surface area contributed by atoms with Crippen LogP contribution in [0.3, 0.4) is 0 Å². The molecule has 0 aromatic heterocycles. The van der Waals surface area contributed by atoms with Crippen LogP contribution in [-0.2, 0) is 0 Å². The van der Waals surface area contributed by atoms with E-state index in [1.54, 1.807) is 0 Å². The lowest BCUT2D eigenvalue weighted by Crippen LogP contribution is -2.41. The Morgan fingerprint density at radius 2 is 2.06 bits per heavy atom. The average molecular weight is 224 g/mol. The average Bonchev–Trinajstić information content (AvgIpc) is 2.74. The van der Waals surface area contributed by atoms with Crippen LogP contribution in [0, 0.1) is 11.8 Å². The molecule has 0 aromatic rings. The van der Waals surface area contributed by atoms with Gasteiger partial charge in [-0.2, -0.15) is 0 Å². The predicted octanol–water partition coefficient (Wildman–Crippen LogP) is 2.50. The van der Waals surface area contributed by atoms with E-state index in [9.17, 15) is 0 Å². The zero-order valence-electron chi connectivity index (χ0n) is 11.0. The zero-order valence-corrected chi connectivity index (χ0v) is 11.0. The third-order valence-electron chi connectivity index (χ3n) is 4.57. The van der Waals surface area contributed by atoms with Crippen molar-refractivity contribution in [3.8, 4) is 0 Å². The van der Waals surface area contributed by atoms with E-state index >= 15 is 0 Å². The van der Waals surface area contributed by atoms with Crippen molar-refractivity contribution in [2.24, 2.45) is 11.8 Å². The molecule has 94 valence electrons. The van der Waals surface area contributed by atoms with E-state index in [-0.39, 0.29) is 0 Å². The first-order chi connectivity index (χ1) is 7.79. The Hall–Kier alpha value is -0.0800. The minimum absolute atomic E-state index is 0.831. The monoisotopic (exact) mass is 224 g/mol. The normalized spacial score (nSPS) is 36.8. The van der Waals surface area contributed by atoms with Crippen LogP contribution in [0.2, 0.25) is 0 Å². The van der Waals surface area contributed by atoms with E-state index in [0.29, 0.717) is 0 Å². The summed E-state index contributed by atoms with van der Waals surface area (Å²) >= 11 is 0. The van der Waals surface area contributed by atoms with E-state index < -0.39 is 0 Å². The lowest BCUT2D eigenvalue weighted by atomic mass is 9.96. The van der Waals surface area contributed by atoms with Crippen LogP contribution in [-0.4, -0.2) is 37.6 Å². The summed E-state index contributed by atoms with van der Waals surface area (Å²) in [6, 6.07) is 0.831. The number of nitrogens with one attached hydrogen (secondary N) is 1. The van der Waals surface area contributed by atoms with E-state index in [0.717, 1.165) is 17.9 Å². The molecule has 2 aliphatic rings. The molecule has 1 saturated heterocycles. The maximum atomic E-state index is 3.85. The van der Waals surface area contributed by atoms with Gasteiger partial charge in [0, 0.05) is 12.6 Å². The molecule has 1 aliphatic carbocycles. The summed E-state index contributed by atoms with van der Waals surface area (Å²) in [5.41, 5.74) is 0. The van der Waals surface area contributed by atoms with Crippen molar-refractivity contribution in [2.45, 2.75) is 51.5 Å². The maximum Gasteiger partial charge on any atom is 0.00953 e. The summed E-state index contributed by atoms with van der Waals surface area (Å²) in [5.74, 6) is 1.86. The highest BCUT2D eigenvalue weighted by molar-refractivity contribution is 4.84. The second-order valence-electron chi connectivity index (χ2n) is 5.88. The molecule has 1 aliphatic heterocycles. The molecule has 2 nitrogen and oxygen atoms in total. The van der Waals surface area contributed by atoms with Gasteiger partial charge in [-0.05, 0) is 57.7 Å². The minimum Gasteiger partial charge on any atom is -0.313 e. The third-order valence-corrected chi connectivity index (χ3v) is 4.57. The number of piperidine rings is 1. The summed E-state index contributed by atoms with van der Waals surface area (Å²) < 4.78 is 0. The summed E-state index contributed by atoms with van der Waals surface area (Å²) in [4.78, 5) is 2.49. The molecule has 0 aromatic carbocycles. The van der Waals surface area contributed by atoms with Crippen LogP contribution in [0.1, 0.15) is 45.4 Å². The van der Waals surface area contributed by atoms with E-state index in [1.807, 2.05) is 0 Å². The number of nitrogens with zero attached hydrogens (tertiary/aromatic N) is 1. The molecule has 1 saturated carbocycles. The fourth-order valence-corrected chi connectivity index (χ4v) is 3.55. The first-order valence-corrected chi connectivity index (χ1v) is 7.21. The van der Waals surface area contributed by atoms with Crippen molar-refractivity contribution >= 4 is 0 Å². The maximum absolute atomic E-state index is 3.85. The highest BCUT2D eigenvalue weighted by Crippen LogP contribution is 2.28. The van der Waals surface area contributed by atoms with Gasteiger partial charge in [-0.1, -0.05) is 19.8 Å². The molecule has 2 heteroatoms. The molecule has 3 atom stereocenters. The fourth-order valence-electron chi connectivity index (χ4n) is 3.55. The standard InChI is InChI=1S/C14H28N2/c1-3-13-7-4-8-14(13)15-10-12-6-5-9-16(2)11-12/h12-15H,3-11H2,1-2H3. The van der Waals surface area contributed by atoms with Gasteiger partial charge < -0.3 is 10.2 Å². The second-order valence-corrected chi connectivity index (χ2v) is 5.88. The van der Waals surface area contributed by atoms with Crippen molar-refractivity contribution in [1.82, 2.24) is 10.2 Å². The molecule has 2 fully saturated rings. The first kappa shape index (κ1) is 12.4. The number of hydrogen-bond acceptors (Lipinski definition) is 2. The van der Waals surface area contributed by atoms with Gasteiger partial charge in [-0.3, -0.25) is 0 Å². The van der Waals surface area contributed by atoms with Gasteiger partial charge in [-0.25, -0.2) is 0 Å². The van der Waals surface area contributed by atoms with Crippen LogP contribution >= 0.6 is 0 Å². The zero-order chi connectivity index (χ0) is 11.4. The Morgan fingerprint density at radius 3 is 2.81 bits per heavy atom. The summed E-state index contributed by atoms with van der Waals surface area (Å²) in [5, 5.41) is 3.85. The van der Waals surface area contributed by atoms with Gasteiger partial charge in [0.15, 0.2) is 0 Å². The topological polar surface area (TPSA) is 15.3 Å². The summed E-state index contributed by atoms with van der Waals surface area (Å²) in [6.07, 6.45) is 8.51. The third kappa shape index (κ3) is 3.21. The minimum atomic E-state index is 0.831. The molecule has 1 N–H and O–H groups in total. The van der Waals surface area contributed by atoms with Gasteiger partial charge in [0.25, 0.3) is 0 Å². The van der Waals surface area contributed by atoms with Gasteiger partial charge in [0.1, 0.15) is 0 Å². The van der Waals surface area contributed by atoms with E-state index in [2.05, 4.69) is 24.2 Å². The first-order valence-electron chi connectivity index (χ1n) is 7.21. The highest BCUT2D eigenvalue weighted by Gasteiger charge is 2.26. The van der Waals surface area contributed by atoms with Gasteiger partial charge >= 0.3 is 0 Å². The second kappa shape index (κ2) is 6.02. The Morgan fingerprint density at radius 1 is 1.19 bits per heavy atom. The molecule has 3 unspecified atom stereocenters. The quantitative estimate of drug-likeness (QED) is 0.789. The molecule has 1 heterocycles. The van der Waals surface area contributed by atoms with Crippen molar-refractivity contribution in [2.75, 3.05) is 26.7 Å². The van der Waals surface area contributed by atoms with E-state index in [4.69, 9.17) is 0 Å². The SMILES string of the molecule is CCC1CCCC1NCC1CCCN(C)C1. The van der Waals surface area contributed by atoms with Crippen LogP contribution in [0.4, 0.5) is 0 Å². The van der Waals surface area contributed by atoms with Gasteiger partial charge in [-0.15, -0.1) is 0 Å². The van der Waals surface area contributed by atoms with Gasteiger partial charge in [0.05, 0.1) is 0 Å². The Balaban J connectivity index is 1.70. The van der Waals surface area contributed by atoms with Crippen molar-refractivity contribution < 1.29 is 0 Å². The molecule has 0 amide bonds. The Bertz CT molecular complexity index is 205. The van der Waals surface area contributed by atoms with Gasteiger partial charge in [0.2, 0.25) is 0 Å². The van der Waals surface area contributed by atoms with E-state index in [1.165, 1.54) is 58.2 Å². The number of likely N-dealkylation sites (tertiary alicyclic amines) is 1. The number of rotatable bonds is 4. The number of hydrogen-bond donors (Lipinski definition) is 1. The molecule has 0 radical (unpaired) electrons. The molecular formula is C14H28N2. The fraction of sp³-hybridized carbons (Fsp3) is 1.00. The van der Waals surface area contributed by atoms with Crippen molar-refractivity contribution in [3.05, 3.63) is 0 Å².